The van der Waals surface area contributed by atoms with Gasteiger partial charge < -0.3 is 19.5 Å². The number of nitrogens with one attached hydrogen (secondary N) is 1. The van der Waals surface area contributed by atoms with Gasteiger partial charge in [-0.05, 0) is 25.2 Å². The smallest absolute Gasteiger partial charge is 0.123 e. The standard InChI is InChI=1S/C15H24N2O3/c1-16-9-14-11-17(6-7-20-14)10-12-8-13(18-2)4-5-15(12)19-3/h4-5,8,14,16H,6-7,9-11H2,1-3H3. The zero-order valence-corrected chi connectivity index (χ0v) is 12.5. The van der Waals surface area contributed by atoms with Crippen LogP contribution in [0.25, 0.3) is 0 Å². The van der Waals surface area contributed by atoms with Gasteiger partial charge in [0.15, 0.2) is 0 Å². The maximum atomic E-state index is 5.73. The van der Waals surface area contributed by atoms with Gasteiger partial charge in [0.1, 0.15) is 11.5 Å². The summed E-state index contributed by atoms with van der Waals surface area (Å²) >= 11 is 0. The number of rotatable bonds is 6. The van der Waals surface area contributed by atoms with Crippen molar-refractivity contribution in [2.45, 2.75) is 12.6 Å². The molecular formula is C15H24N2O3. The fourth-order valence-corrected chi connectivity index (χ4v) is 2.52. The van der Waals surface area contributed by atoms with Crippen LogP contribution in [0.5, 0.6) is 11.5 Å². The molecule has 1 aromatic carbocycles. The molecule has 1 N–H and O–H groups in total. The van der Waals surface area contributed by atoms with Crippen molar-refractivity contribution < 1.29 is 14.2 Å². The highest BCUT2D eigenvalue weighted by Crippen LogP contribution is 2.25. The first-order valence-corrected chi connectivity index (χ1v) is 6.96. The number of benzene rings is 1. The van der Waals surface area contributed by atoms with Crippen molar-refractivity contribution in [3.05, 3.63) is 23.8 Å². The highest BCUT2D eigenvalue weighted by molar-refractivity contribution is 5.40. The van der Waals surface area contributed by atoms with Gasteiger partial charge in [0, 0.05) is 31.7 Å². The molecule has 1 fully saturated rings. The molecule has 1 saturated heterocycles. The molecule has 0 spiro atoms. The van der Waals surface area contributed by atoms with Crippen molar-refractivity contribution in [1.29, 1.82) is 0 Å². The minimum atomic E-state index is 0.255. The first-order valence-electron chi connectivity index (χ1n) is 6.96. The molecule has 1 heterocycles. The lowest BCUT2D eigenvalue weighted by molar-refractivity contribution is -0.0293. The minimum Gasteiger partial charge on any atom is -0.497 e. The number of hydrogen-bond acceptors (Lipinski definition) is 5. The van der Waals surface area contributed by atoms with Crippen molar-refractivity contribution >= 4 is 0 Å². The van der Waals surface area contributed by atoms with E-state index in [1.807, 2.05) is 25.2 Å². The van der Waals surface area contributed by atoms with E-state index in [-0.39, 0.29) is 6.10 Å². The molecule has 0 amide bonds. The molecule has 1 unspecified atom stereocenters. The van der Waals surface area contributed by atoms with E-state index in [1.54, 1.807) is 14.2 Å². The molecule has 2 rings (SSSR count). The summed E-state index contributed by atoms with van der Waals surface area (Å²) in [7, 11) is 5.34. The van der Waals surface area contributed by atoms with E-state index in [4.69, 9.17) is 14.2 Å². The molecular weight excluding hydrogens is 256 g/mol. The quantitative estimate of drug-likeness (QED) is 0.846. The zero-order chi connectivity index (χ0) is 14.4. The Hall–Kier alpha value is -1.30. The Kier molecular flexibility index (Phi) is 5.64. The SMILES string of the molecule is CNCC1CN(Cc2cc(OC)ccc2OC)CCO1. The van der Waals surface area contributed by atoms with Crippen LogP contribution in [0.1, 0.15) is 5.56 Å². The summed E-state index contributed by atoms with van der Waals surface area (Å²) in [4.78, 5) is 2.39. The highest BCUT2D eigenvalue weighted by Gasteiger charge is 2.21. The average Bonchev–Trinajstić information content (AvgIpc) is 2.48. The molecule has 0 saturated carbocycles. The molecule has 0 bridgehead atoms. The summed E-state index contributed by atoms with van der Waals surface area (Å²) < 4.78 is 16.5. The Balaban J connectivity index is 2.04. The van der Waals surface area contributed by atoms with Crippen molar-refractivity contribution in [1.82, 2.24) is 10.2 Å². The zero-order valence-electron chi connectivity index (χ0n) is 12.5. The van der Waals surface area contributed by atoms with E-state index in [0.717, 1.165) is 49.8 Å². The van der Waals surface area contributed by atoms with Gasteiger partial charge in [-0.25, -0.2) is 0 Å². The van der Waals surface area contributed by atoms with E-state index in [1.165, 1.54) is 0 Å². The second-order valence-electron chi connectivity index (χ2n) is 4.96. The number of hydrogen-bond donors (Lipinski definition) is 1. The molecule has 1 aliphatic rings. The van der Waals surface area contributed by atoms with Crippen LogP contribution in [-0.4, -0.2) is 58.5 Å². The average molecular weight is 280 g/mol. The lowest BCUT2D eigenvalue weighted by Gasteiger charge is -2.33. The first-order chi connectivity index (χ1) is 9.76. The lowest BCUT2D eigenvalue weighted by atomic mass is 10.1. The summed E-state index contributed by atoms with van der Waals surface area (Å²) in [6, 6.07) is 5.92. The molecule has 0 radical (unpaired) electrons. The van der Waals surface area contributed by atoms with Crippen LogP contribution in [0.2, 0.25) is 0 Å². The van der Waals surface area contributed by atoms with Crippen LogP contribution >= 0.6 is 0 Å². The third-order valence-electron chi connectivity index (χ3n) is 3.54. The monoisotopic (exact) mass is 280 g/mol. The number of morpholine rings is 1. The summed E-state index contributed by atoms with van der Waals surface area (Å²) in [5.41, 5.74) is 1.15. The van der Waals surface area contributed by atoms with Gasteiger partial charge >= 0.3 is 0 Å². The maximum Gasteiger partial charge on any atom is 0.123 e. The van der Waals surface area contributed by atoms with Crippen molar-refractivity contribution in [3.8, 4) is 11.5 Å². The summed E-state index contributed by atoms with van der Waals surface area (Å²) in [6.45, 7) is 4.39. The fraction of sp³-hybridized carbons (Fsp3) is 0.600. The van der Waals surface area contributed by atoms with Crippen LogP contribution in [0, 0.1) is 0 Å². The van der Waals surface area contributed by atoms with Gasteiger partial charge in [-0.3, -0.25) is 4.90 Å². The second kappa shape index (κ2) is 7.47. The minimum absolute atomic E-state index is 0.255. The van der Waals surface area contributed by atoms with Gasteiger partial charge in [0.05, 0.1) is 26.9 Å². The summed E-state index contributed by atoms with van der Waals surface area (Å²) in [6.07, 6.45) is 0.255. The lowest BCUT2D eigenvalue weighted by Crippen LogP contribution is -2.45. The molecule has 5 nitrogen and oxygen atoms in total. The molecule has 20 heavy (non-hydrogen) atoms. The highest BCUT2D eigenvalue weighted by atomic mass is 16.5. The van der Waals surface area contributed by atoms with E-state index < -0.39 is 0 Å². The Morgan fingerprint density at radius 1 is 1.35 bits per heavy atom. The second-order valence-corrected chi connectivity index (χ2v) is 4.96. The van der Waals surface area contributed by atoms with Crippen molar-refractivity contribution in [2.75, 3.05) is 47.5 Å². The predicted molar refractivity (Wildman–Crippen MR) is 78.5 cm³/mol. The van der Waals surface area contributed by atoms with Gasteiger partial charge in [0.2, 0.25) is 0 Å². The van der Waals surface area contributed by atoms with E-state index in [0.29, 0.717) is 0 Å². The molecule has 1 aromatic rings. The Morgan fingerprint density at radius 2 is 2.20 bits per heavy atom. The summed E-state index contributed by atoms with van der Waals surface area (Å²) in [5, 5.41) is 3.17. The van der Waals surface area contributed by atoms with E-state index >= 15 is 0 Å². The number of nitrogens with zero attached hydrogens (tertiary/aromatic N) is 1. The van der Waals surface area contributed by atoms with E-state index in [2.05, 4.69) is 10.2 Å². The Morgan fingerprint density at radius 3 is 2.90 bits per heavy atom. The molecule has 1 aliphatic heterocycles. The Labute approximate surface area is 120 Å². The number of methoxy groups -OCH3 is 2. The normalized spacial score (nSPS) is 19.9. The summed E-state index contributed by atoms with van der Waals surface area (Å²) in [5.74, 6) is 1.77. The first kappa shape index (κ1) is 15.1. The van der Waals surface area contributed by atoms with Gasteiger partial charge in [0.25, 0.3) is 0 Å². The molecule has 1 atom stereocenters. The van der Waals surface area contributed by atoms with Crippen LogP contribution in [0.15, 0.2) is 18.2 Å². The molecule has 0 aliphatic carbocycles. The topological polar surface area (TPSA) is 43.0 Å². The Bertz CT molecular complexity index is 424. The largest absolute Gasteiger partial charge is 0.497 e. The number of likely N-dealkylation sites (N-methyl/N-ethyl adjacent to an activating group) is 1. The van der Waals surface area contributed by atoms with E-state index in [9.17, 15) is 0 Å². The predicted octanol–water partition coefficient (Wildman–Crippen LogP) is 1.12. The third-order valence-corrected chi connectivity index (χ3v) is 3.54. The van der Waals surface area contributed by atoms with Crippen molar-refractivity contribution in [3.63, 3.8) is 0 Å². The molecule has 112 valence electrons. The van der Waals surface area contributed by atoms with Gasteiger partial charge in [-0.2, -0.15) is 0 Å². The van der Waals surface area contributed by atoms with Crippen molar-refractivity contribution in [2.24, 2.45) is 0 Å². The van der Waals surface area contributed by atoms with Crippen LogP contribution < -0.4 is 14.8 Å². The third kappa shape index (κ3) is 3.85. The van der Waals surface area contributed by atoms with Gasteiger partial charge in [-0.15, -0.1) is 0 Å². The fourth-order valence-electron chi connectivity index (χ4n) is 2.52. The van der Waals surface area contributed by atoms with Crippen LogP contribution in [-0.2, 0) is 11.3 Å². The molecule has 0 aromatic heterocycles. The molecule has 5 heteroatoms. The maximum absolute atomic E-state index is 5.73. The van der Waals surface area contributed by atoms with Gasteiger partial charge in [-0.1, -0.05) is 0 Å². The van der Waals surface area contributed by atoms with Crippen LogP contribution in [0.3, 0.4) is 0 Å². The number of ether oxygens (including phenoxy) is 3. The van der Waals surface area contributed by atoms with Crippen LogP contribution in [0.4, 0.5) is 0 Å².